The standard InChI is InChI=1S/C27H22F4N4O2/c1-2-34(25(37)19-8-12-21(28)13-9-19)17-24(36)33-26-32-23(18-6-4-3-5-7-18)16-35(26)22-14-10-20(11-15-22)27(29,30)31/h3-16H,2,17H2,1H3,(H,32,33,36). The molecular weight excluding hydrogens is 488 g/mol. The van der Waals surface area contributed by atoms with E-state index >= 15 is 0 Å². The van der Waals surface area contributed by atoms with Gasteiger partial charge < -0.3 is 4.90 Å². The van der Waals surface area contributed by atoms with Crippen LogP contribution in [0.2, 0.25) is 0 Å². The molecule has 0 bridgehead atoms. The molecule has 0 unspecified atom stereocenters. The lowest BCUT2D eigenvalue weighted by Gasteiger charge is -2.20. The van der Waals surface area contributed by atoms with Crippen molar-refractivity contribution in [3.05, 3.63) is 102 Å². The number of halogens is 4. The Balaban J connectivity index is 1.60. The number of benzene rings is 3. The van der Waals surface area contributed by atoms with Crippen molar-refractivity contribution in [3.8, 4) is 16.9 Å². The maximum atomic E-state index is 13.2. The van der Waals surface area contributed by atoms with Crippen LogP contribution in [0, 0.1) is 5.82 Å². The number of imidazole rings is 1. The molecule has 0 aliphatic carbocycles. The Morgan fingerprint density at radius 3 is 2.19 bits per heavy atom. The molecule has 0 fully saturated rings. The molecule has 0 saturated heterocycles. The zero-order valence-electron chi connectivity index (χ0n) is 19.7. The van der Waals surface area contributed by atoms with Crippen molar-refractivity contribution in [2.45, 2.75) is 13.1 Å². The molecule has 6 nitrogen and oxygen atoms in total. The molecule has 4 rings (SSSR count). The number of likely N-dealkylation sites (N-methyl/N-ethyl adjacent to an activating group) is 1. The number of carbonyl (C=O) groups excluding carboxylic acids is 2. The summed E-state index contributed by atoms with van der Waals surface area (Å²) in [5.74, 6) is -1.42. The summed E-state index contributed by atoms with van der Waals surface area (Å²) in [7, 11) is 0. The largest absolute Gasteiger partial charge is 0.416 e. The first-order valence-corrected chi connectivity index (χ1v) is 11.3. The van der Waals surface area contributed by atoms with E-state index in [-0.39, 0.29) is 24.6 Å². The highest BCUT2D eigenvalue weighted by Gasteiger charge is 2.30. The Bertz CT molecular complexity index is 1380. The first-order valence-electron chi connectivity index (χ1n) is 11.3. The second kappa shape index (κ2) is 10.7. The van der Waals surface area contributed by atoms with Gasteiger partial charge in [-0.1, -0.05) is 30.3 Å². The highest BCUT2D eigenvalue weighted by Crippen LogP contribution is 2.31. The fraction of sp³-hybridized carbons (Fsp3) is 0.148. The summed E-state index contributed by atoms with van der Waals surface area (Å²) in [5, 5.41) is 2.66. The van der Waals surface area contributed by atoms with E-state index in [2.05, 4.69) is 10.3 Å². The highest BCUT2D eigenvalue weighted by molar-refractivity contribution is 5.99. The molecule has 37 heavy (non-hydrogen) atoms. The molecule has 0 saturated carbocycles. The molecule has 1 aromatic heterocycles. The average molecular weight is 510 g/mol. The second-order valence-corrected chi connectivity index (χ2v) is 8.10. The van der Waals surface area contributed by atoms with E-state index in [1.165, 1.54) is 33.7 Å². The monoisotopic (exact) mass is 510 g/mol. The van der Waals surface area contributed by atoms with Gasteiger partial charge in [-0.25, -0.2) is 9.37 Å². The third kappa shape index (κ3) is 6.03. The smallest absolute Gasteiger partial charge is 0.330 e. The van der Waals surface area contributed by atoms with Crippen LogP contribution >= 0.6 is 0 Å². The maximum absolute atomic E-state index is 13.2. The predicted octanol–water partition coefficient (Wildman–Crippen LogP) is 5.80. The van der Waals surface area contributed by atoms with Gasteiger partial charge in [-0.3, -0.25) is 19.5 Å². The van der Waals surface area contributed by atoms with E-state index in [1.54, 1.807) is 13.1 Å². The van der Waals surface area contributed by atoms with Gasteiger partial charge in [0.1, 0.15) is 12.4 Å². The van der Waals surface area contributed by atoms with Crippen molar-refractivity contribution in [2.24, 2.45) is 0 Å². The lowest BCUT2D eigenvalue weighted by molar-refractivity contribution is -0.137. The number of aromatic nitrogens is 2. The van der Waals surface area contributed by atoms with Crippen molar-refractivity contribution >= 4 is 17.8 Å². The molecule has 4 aromatic rings. The summed E-state index contributed by atoms with van der Waals surface area (Å²) in [6.07, 6.45) is -2.88. The van der Waals surface area contributed by atoms with Gasteiger partial charge in [-0.2, -0.15) is 13.2 Å². The van der Waals surface area contributed by atoms with Crippen LogP contribution in [0.4, 0.5) is 23.5 Å². The van der Waals surface area contributed by atoms with Crippen LogP contribution in [0.15, 0.2) is 85.1 Å². The minimum atomic E-state index is -4.49. The summed E-state index contributed by atoms with van der Waals surface area (Å²) in [6, 6.07) is 18.5. The third-order valence-corrected chi connectivity index (χ3v) is 5.59. The van der Waals surface area contributed by atoms with Crippen LogP contribution in [-0.2, 0) is 11.0 Å². The first kappa shape index (κ1) is 25.6. The SMILES string of the molecule is CCN(CC(=O)Nc1nc(-c2ccccc2)cn1-c1ccc(C(F)(F)F)cc1)C(=O)c1ccc(F)cc1. The fourth-order valence-corrected chi connectivity index (χ4v) is 3.66. The highest BCUT2D eigenvalue weighted by atomic mass is 19.4. The number of hydrogen-bond acceptors (Lipinski definition) is 3. The molecule has 0 atom stereocenters. The van der Waals surface area contributed by atoms with Crippen molar-refractivity contribution < 1.29 is 27.2 Å². The zero-order chi connectivity index (χ0) is 26.6. The molecular formula is C27H22F4N4O2. The van der Waals surface area contributed by atoms with Gasteiger partial charge in [0.05, 0.1) is 11.3 Å². The van der Waals surface area contributed by atoms with Crippen molar-refractivity contribution in [1.82, 2.24) is 14.5 Å². The second-order valence-electron chi connectivity index (χ2n) is 8.10. The summed E-state index contributed by atoms with van der Waals surface area (Å²) >= 11 is 0. The first-order chi connectivity index (χ1) is 17.7. The van der Waals surface area contributed by atoms with Crippen LogP contribution in [-0.4, -0.2) is 39.4 Å². The molecule has 0 spiro atoms. The van der Waals surface area contributed by atoms with Gasteiger partial charge in [-0.15, -0.1) is 0 Å². The summed E-state index contributed by atoms with van der Waals surface area (Å²) in [4.78, 5) is 31.5. The molecule has 1 heterocycles. The number of amides is 2. The Labute approximate surface area is 210 Å². The quantitative estimate of drug-likeness (QED) is 0.320. The molecule has 190 valence electrons. The van der Waals surface area contributed by atoms with Crippen molar-refractivity contribution in [3.63, 3.8) is 0 Å². The van der Waals surface area contributed by atoms with E-state index in [1.807, 2.05) is 30.3 Å². The predicted molar refractivity (Wildman–Crippen MR) is 131 cm³/mol. The average Bonchev–Trinajstić information content (AvgIpc) is 3.31. The number of carbonyl (C=O) groups is 2. The fourth-order valence-electron chi connectivity index (χ4n) is 3.66. The van der Waals surface area contributed by atoms with Crippen molar-refractivity contribution in [2.75, 3.05) is 18.4 Å². The van der Waals surface area contributed by atoms with Crippen LogP contribution < -0.4 is 5.32 Å². The number of hydrogen-bond donors (Lipinski definition) is 1. The molecule has 0 aliphatic heterocycles. The van der Waals surface area contributed by atoms with Crippen molar-refractivity contribution in [1.29, 1.82) is 0 Å². The molecule has 2 amide bonds. The van der Waals surface area contributed by atoms with Gasteiger partial charge in [0, 0.05) is 29.6 Å². The topological polar surface area (TPSA) is 67.2 Å². The Morgan fingerprint density at radius 1 is 0.946 bits per heavy atom. The van der Waals surface area contributed by atoms with Gasteiger partial charge in [0.2, 0.25) is 11.9 Å². The van der Waals surface area contributed by atoms with E-state index in [9.17, 15) is 27.2 Å². The zero-order valence-corrected chi connectivity index (χ0v) is 19.7. The lowest BCUT2D eigenvalue weighted by Crippen LogP contribution is -2.38. The number of rotatable bonds is 7. The molecule has 0 aliphatic rings. The molecule has 3 aromatic carbocycles. The number of nitrogens with one attached hydrogen (secondary N) is 1. The third-order valence-electron chi connectivity index (χ3n) is 5.59. The minimum absolute atomic E-state index is 0.0777. The van der Waals surface area contributed by atoms with E-state index in [0.29, 0.717) is 11.4 Å². The molecule has 0 radical (unpaired) electrons. The summed E-state index contributed by atoms with van der Waals surface area (Å²) in [5.41, 5.74) is 1.01. The number of anilines is 1. The summed E-state index contributed by atoms with van der Waals surface area (Å²) < 4.78 is 53.8. The van der Waals surface area contributed by atoms with Crippen LogP contribution in [0.25, 0.3) is 16.9 Å². The number of alkyl halides is 3. The molecule has 1 N–H and O–H groups in total. The van der Waals surface area contributed by atoms with Crippen LogP contribution in [0.1, 0.15) is 22.8 Å². The Kier molecular flexibility index (Phi) is 7.37. The summed E-state index contributed by atoms with van der Waals surface area (Å²) in [6.45, 7) is 1.60. The van der Waals surface area contributed by atoms with Gasteiger partial charge in [0.15, 0.2) is 0 Å². The Hall–Kier alpha value is -4.47. The van der Waals surface area contributed by atoms with E-state index in [4.69, 9.17) is 0 Å². The van der Waals surface area contributed by atoms with Gasteiger partial charge in [-0.05, 0) is 55.5 Å². The van der Waals surface area contributed by atoms with Gasteiger partial charge >= 0.3 is 6.18 Å². The Morgan fingerprint density at radius 2 is 1.59 bits per heavy atom. The van der Waals surface area contributed by atoms with E-state index in [0.717, 1.165) is 29.8 Å². The van der Waals surface area contributed by atoms with E-state index < -0.39 is 29.4 Å². The number of nitrogens with zero attached hydrogens (tertiary/aromatic N) is 3. The van der Waals surface area contributed by atoms with Gasteiger partial charge in [0.25, 0.3) is 5.91 Å². The van der Waals surface area contributed by atoms with Crippen LogP contribution in [0.5, 0.6) is 0 Å². The normalized spacial score (nSPS) is 11.3. The lowest BCUT2D eigenvalue weighted by atomic mass is 10.2. The molecule has 10 heteroatoms. The maximum Gasteiger partial charge on any atom is 0.416 e. The van der Waals surface area contributed by atoms with Crippen LogP contribution in [0.3, 0.4) is 0 Å². The minimum Gasteiger partial charge on any atom is -0.330 e.